The van der Waals surface area contributed by atoms with Gasteiger partial charge < -0.3 is 0 Å². The lowest BCUT2D eigenvalue weighted by Crippen LogP contribution is -2.32. The first-order valence-electron chi connectivity index (χ1n) is 10.4. The van der Waals surface area contributed by atoms with Crippen LogP contribution in [0.25, 0.3) is 44.5 Å². The Kier molecular flexibility index (Phi) is 4.98. The number of aromatic nitrogens is 2. The van der Waals surface area contributed by atoms with E-state index in [-0.39, 0.29) is 11.6 Å². The van der Waals surface area contributed by atoms with E-state index in [2.05, 4.69) is 30.3 Å². The minimum atomic E-state index is -0.302. The highest BCUT2D eigenvalue weighted by Crippen LogP contribution is 2.32. The van der Waals surface area contributed by atoms with E-state index in [0.29, 0.717) is 5.69 Å². The van der Waals surface area contributed by atoms with Crippen LogP contribution in [0.5, 0.6) is 0 Å². The van der Waals surface area contributed by atoms with Crippen molar-refractivity contribution in [1.29, 1.82) is 0 Å². The van der Waals surface area contributed by atoms with Crippen LogP contribution >= 0.6 is 0 Å². The Labute approximate surface area is 185 Å². The average Bonchev–Trinajstić information content (AvgIpc) is 2.79. The molecule has 4 aromatic carbocycles. The molecule has 5 rings (SSSR count). The predicted molar refractivity (Wildman–Crippen MR) is 124 cm³/mol. The third-order valence-electron chi connectivity index (χ3n) is 5.73. The summed E-state index contributed by atoms with van der Waals surface area (Å²) < 4.78 is 29.4. The topological polar surface area (TPSA) is 16.8 Å². The lowest BCUT2D eigenvalue weighted by molar-refractivity contribution is -0.659. The van der Waals surface area contributed by atoms with Gasteiger partial charge in [0.15, 0.2) is 6.20 Å². The van der Waals surface area contributed by atoms with Crippen LogP contribution in [0.3, 0.4) is 0 Å². The zero-order chi connectivity index (χ0) is 22.2. The van der Waals surface area contributed by atoms with Gasteiger partial charge >= 0.3 is 0 Å². The molecule has 0 spiro atoms. The number of hydrogen-bond donors (Lipinski definition) is 0. The second kappa shape index (κ2) is 7.97. The number of halogens is 2. The van der Waals surface area contributed by atoms with Gasteiger partial charge in [-0.3, -0.25) is 0 Å². The van der Waals surface area contributed by atoms with E-state index >= 15 is 0 Å². The first-order valence-corrected chi connectivity index (χ1v) is 10.4. The van der Waals surface area contributed by atoms with Gasteiger partial charge in [0.05, 0.1) is 5.56 Å². The van der Waals surface area contributed by atoms with Crippen LogP contribution in [0.1, 0.15) is 5.56 Å². The first kappa shape index (κ1) is 20.0. The molecule has 0 fully saturated rings. The number of benzene rings is 4. The van der Waals surface area contributed by atoms with E-state index in [9.17, 15) is 8.78 Å². The number of nitrogens with zero attached hydrogens (tertiary/aromatic N) is 2. The zero-order valence-corrected chi connectivity index (χ0v) is 17.8. The summed E-state index contributed by atoms with van der Waals surface area (Å²) in [6, 6.07) is 25.5. The maximum atomic E-state index is 13.8. The van der Waals surface area contributed by atoms with E-state index in [1.807, 2.05) is 36.9 Å². The van der Waals surface area contributed by atoms with E-state index < -0.39 is 0 Å². The molecule has 2 nitrogen and oxygen atoms in total. The van der Waals surface area contributed by atoms with Gasteiger partial charge in [-0.05, 0) is 71.8 Å². The maximum Gasteiger partial charge on any atom is 0.239 e. The summed E-state index contributed by atoms with van der Waals surface area (Å²) in [6.07, 6.45) is 1.98. The van der Waals surface area contributed by atoms with Crippen LogP contribution in [-0.4, -0.2) is 4.98 Å². The molecule has 1 aromatic heterocycles. The fourth-order valence-electron chi connectivity index (χ4n) is 4.12. The van der Waals surface area contributed by atoms with Crippen molar-refractivity contribution in [3.05, 3.63) is 108 Å². The quantitative estimate of drug-likeness (QED) is 0.297. The summed E-state index contributed by atoms with van der Waals surface area (Å²) in [4.78, 5) is 5.01. The van der Waals surface area contributed by atoms with E-state index in [0.717, 1.165) is 44.4 Å². The number of aryl methyl sites for hydroxylation is 2. The highest BCUT2D eigenvalue weighted by atomic mass is 19.1. The average molecular weight is 423 g/mol. The normalized spacial score (nSPS) is 11.1. The fourth-order valence-corrected chi connectivity index (χ4v) is 4.12. The lowest BCUT2D eigenvalue weighted by Gasteiger charge is -2.12. The van der Waals surface area contributed by atoms with Crippen molar-refractivity contribution in [3.8, 4) is 33.8 Å². The monoisotopic (exact) mass is 423 g/mol. The van der Waals surface area contributed by atoms with Gasteiger partial charge in [0.1, 0.15) is 30.1 Å². The van der Waals surface area contributed by atoms with Gasteiger partial charge in [0.2, 0.25) is 5.69 Å². The van der Waals surface area contributed by atoms with Gasteiger partial charge in [-0.2, -0.15) is 4.57 Å². The Balaban J connectivity index is 1.76. The smallest absolute Gasteiger partial charge is 0.234 e. The molecule has 1 heterocycles. The maximum absolute atomic E-state index is 13.8. The standard InChI is InChI=1S/C28H21F2N2/c1-18-15-24(30)13-14-25(18)28-27(20-9-11-23(29)12-10-20)31-26(17-32(28)2)22-8-7-19-5-3-4-6-21(19)16-22/h3-17H,1-2H3/q+1. The summed E-state index contributed by atoms with van der Waals surface area (Å²) in [6.45, 7) is 1.88. The molecule has 0 N–H and O–H groups in total. The molecule has 0 bridgehead atoms. The second-order valence-corrected chi connectivity index (χ2v) is 7.96. The van der Waals surface area contributed by atoms with Gasteiger partial charge in [-0.15, -0.1) is 0 Å². The third kappa shape index (κ3) is 3.65. The van der Waals surface area contributed by atoms with Crippen LogP contribution in [0.4, 0.5) is 8.78 Å². The predicted octanol–water partition coefficient (Wildman–Crippen LogP) is 6.65. The molecule has 0 saturated heterocycles. The largest absolute Gasteiger partial charge is 0.239 e. The molecule has 5 aromatic rings. The summed E-state index contributed by atoms with van der Waals surface area (Å²) in [5.74, 6) is -0.582. The summed E-state index contributed by atoms with van der Waals surface area (Å²) in [7, 11) is 1.96. The van der Waals surface area contributed by atoms with Crippen molar-refractivity contribution in [1.82, 2.24) is 4.98 Å². The molecule has 0 unspecified atom stereocenters. The van der Waals surface area contributed by atoms with Crippen LogP contribution in [0.2, 0.25) is 0 Å². The molecule has 4 heteroatoms. The fraction of sp³-hybridized carbons (Fsp3) is 0.0714. The first-order chi connectivity index (χ1) is 15.5. The van der Waals surface area contributed by atoms with Gasteiger partial charge in [-0.1, -0.05) is 36.4 Å². The molecule has 32 heavy (non-hydrogen) atoms. The van der Waals surface area contributed by atoms with Crippen molar-refractivity contribution < 1.29 is 13.3 Å². The number of rotatable bonds is 3. The van der Waals surface area contributed by atoms with Gasteiger partial charge in [0, 0.05) is 11.1 Å². The highest BCUT2D eigenvalue weighted by Gasteiger charge is 2.23. The molecule has 0 atom stereocenters. The van der Waals surface area contributed by atoms with Crippen molar-refractivity contribution in [2.45, 2.75) is 6.92 Å². The van der Waals surface area contributed by atoms with E-state index in [4.69, 9.17) is 4.98 Å². The number of hydrogen-bond acceptors (Lipinski definition) is 1. The molecule has 0 radical (unpaired) electrons. The van der Waals surface area contributed by atoms with Crippen molar-refractivity contribution in [2.75, 3.05) is 0 Å². The molecule has 0 aliphatic carbocycles. The minimum absolute atomic E-state index is 0.280. The molecule has 0 saturated carbocycles. The second-order valence-electron chi connectivity index (χ2n) is 7.96. The van der Waals surface area contributed by atoms with Gasteiger partial charge in [-0.25, -0.2) is 13.8 Å². The van der Waals surface area contributed by atoms with Crippen LogP contribution < -0.4 is 4.57 Å². The van der Waals surface area contributed by atoms with E-state index in [1.54, 1.807) is 18.2 Å². The number of fused-ring (bicyclic) bond motifs is 1. The molecule has 0 aliphatic heterocycles. The summed E-state index contributed by atoms with van der Waals surface area (Å²) >= 11 is 0. The van der Waals surface area contributed by atoms with Crippen molar-refractivity contribution in [2.24, 2.45) is 7.05 Å². The Morgan fingerprint density at radius 2 is 1.41 bits per heavy atom. The Hall–Kier alpha value is -3.92. The van der Waals surface area contributed by atoms with Crippen LogP contribution in [0, 0.1) is 18.6 Å². The molecule has 0 amide bonds. The summed E-state index contributed by atoms with van der Waals surface area (Å²) in [5, 5.41) is 2.30. The molecule has 156 valence electrons. The molecular formula is C28H21F2N2+. The third-order valence-corrected chi connectivity index (χ3v) is 5.73. The van der Waals surface area contributed by atoms with Crippen molar-refractivity contribution >= 4 is 10.8 Å². The van der Waals surface area contributed by atoms with E-state index in [1.165, 1.54) is 24.3 Å². The Morgan fingerprint density at radius 3 is 2.16 bits per heavy atom. The molecular weight excluding hydrogens is 402 g/mol. The summed E-state index contributed by atoms with van der Waals surface area (Å²) in [5.41, 5.74) is 5.84. The zero-order valence-electron chi connectivity index (χ0n) is 17.8. The Morgan fingerprint density at radius 1 is 0.719 bits per heavy atom. The Bertz CT molecular complexity index is 1460. The highest BCUT2D eigenvalue weighted by molar-refractivity contribution is 5.87. The van der Waals surface area contributed by atoms with Crippen molar-refractivity contribution in [3.63, 3.8) is 0 Å². The SMILES string of the molecule is Cc1cc(F)ccc1-c1c(-c2ccc(F)cc2)nc(-c2ccc3ccccc3c2)c[n+]1C. The van der Waals surface area contributed by atoms with Crippen LogP contribution in [0.15, 0.2) is 91.1 Å². The lowest BCUT2D eigenvalue weighted by atomic mass is 9.98. The molecule has 0 aliphatic rings. The van der Waals surface area contributed by atoms with Crippen LogP contribution in [-0.2, 0) is 7.05 Å². The minimum Gasteiger partial charge on any atom is -0.234 e. The van der Waals surface area contributed by atoms with Gasteiger partial charge in [0.25, 0.3) is 0 Å².